The minimum atomic E-state index is -1.07. The van der Waals surface area contributed by atoms with Crippen LogP contribution in [0, 0.1) is 0 Å². The smallest absolute Gasteiger partial charge is 1.00 e. The third kappa shape index (κ3) is 17.9. The molecule has 56 heavy (non-hydrogen) atoms. The van der Waals surface area contributed by atoms with E-state index < -0.39 is 17.9 Å². The molecule has 0 amide bonds. The largest absolute Gasteiger partial charge is 1.00 e. The Labute approximate surface area is 432 Å². The maximum atomic E-state index is 11.8. The molecular formula is C30H38IK2LiN12O10. The molecule has 6 rings (SSSR count). The van der Waals surface area contributed by atoms with Gasteiger partial charge in [-0.2, -0.15) is 0 Å². The predicted molar refractivity (Wildman–Crippen MR) is 192 cm³/mol. The summed E-state index contributed by atoms with van der Waals surface area (Å²) in [5.41, 5.74) is 3.42. The van der Waals surface area contributed by atoms with Crippen LogP contribution < -0.4 is 127 Å². The number of rotatable bonds is 10. The zero-order valence-corrected chi connectivity index (χ0v) is 40.6. The molecule has 0 saturated heterocycles. The quantitative estimate of drug-likeness (QED) is 0.0188. The van der Waals surface area contributed by atoms with E-state index >= 15 is 0 Å². The normalized spacial score (nSPS) is 9.20. The van der Waals surface area contributed by atoms with Gasteiger partial charge in [0, 0.05) is 14.1 Å². The summed E-state index contributed by atoms with van der Waals surface area (Å²) in [6.45, 7) is 4.72. The summed E-state index contributed by atoms with van der Waals surface area (Å²) in [5, 5.41) is 17.2. The zero-order chi connectivity index (χ0) is 38.5. The van der Waals surface area contributed by atoms with Gasteiger partial charge in [-0.1, -0.05) is 49.3 Å². The van der Waals surface area contributed by atoms with Crippen molar-refractivity contribution in [2.24, 2.45) is 14.1 Å². The second kappa shape index (κ2) is 32.9. The van der Waals surface area contributed by atoms with Crippen molar-refractivity contribution < 1.29 is 172 Å². The summed E-state index contributed by atoms with van der Waals surface area (Å²) < 4.78 is 13.5. The average Bonchev–Trinajstić information content (AvgIpc) is 3.91. The monoisotopic (exact) mass is 938 g/mol. The van der Waals surface area contributed by atoms with E-state index in [4.69, 9.17) is 24.6 Å². The summed E-state index contributed by atoms with van der Waals surface area (Å²) in [6, 6.07) is 0. The molecule has 26 heteroatoms. The fourth-order valence-electron chi connectivity index (χ4n) is 3.96. The number of carboxylic acid groups (broad SMARTS) is 1. The van der Waals surface area contributed by atoms with Crippen LogP contribution in [0.1, 0.15) is 72.4 Å². The third-order valence-electron chi connectivity index (χ3n) is 6.33. The molecule has 0 fully saturated rings. The number of alkyl halides is 1. The van der Waals surface area contributed by atoms with Gasteiger partial charge in [-0.05, 0) is 17.8 Å². The maximum Gasteiger partial charge on any atom is 1.00 e. The van der Waals surface area contributed by atoms with Gasteiger partial charge in [0.25, 0.3) is 6.47 Å². The van der Waals surface area contributed by atoms with E-state index in [0.29, 0.717) is 46.7 Å². The average molecular weight is 939 g/mol. The third-order valence-corrected chi connectivity index (χ3v) is 6.33. The van der Waals surface area contributed by atoms with Crippen LogP contribution >= 0.6 is 22.6 Å². The molecule has 6 aromatic rings. The van der Waals surface area contributed by atoms with E-state index in [2.05, 4.69) is 77.3 Å². The van der Waals surface area contributed by atoms with Crippen LogP contribution in [0.15, 0.2) is 38.0 Å². The van der Waals surface area contributed by atoms with E-state index in [1.807, 2.05) is 18.8 Å². The fraction of sp³-hybridized carbons (Fsp3) is 0.367. The molecule has 3 N–H and O–H groups in total. The minimum absolute atomic E-state index is 0. The molecule has 6 heterocycles. The molecule has 0 atom stereocenters. The number of hydrogen-bond donors (Lipinski definition) is 2. The molecule has 0 aliphatic carbocycles. The number of aryl methyl sites for hydroxylation is 2. The van der Waals surface area contributed by atoms with Crippen LogP contribution in [-0.4, -0.2) is 112 Å². The Morgan fingerprint density at radius 2 is 1.18 bits per heavy atom. The Morgan fingerprint density at radius 3 is 1.62 bits per heavy atom. The topological polar surface area (TPSA) is 311 Å². The fourth-order valence-corrected chi connectivity index (χ4v) is 3.96. The number of imidazole rings is 3. The number of carboxylic acids is 1. The second-order valence-corrected chi connectivity index (χ2v) is 9.80. The summed E-state index contributed by atoms with van der Waals surface area (Å²) in [7, 11) is 3.49. The van der Waals surface area contributed by atoms with E-state index in [1.54, 1.807) is 29.6 Å². The van der Waals surface area contributed by atoms with Gasteiger partial charge in [-0.3, -0.25) is 4.79 Å². The Balaban J connectivity index is -0.000000333. The number of nitrogens with one attached hydrogen (secondary N) is 1. The van der Waals surface area contributed by atoms with Crippen LogP contribution in [0.25, 0.3) is 33.5 Å². The van der Waals surface area contributed by atoms with E-state index in [-0.39, 0.29) is 152 Å². The number of halogens is 1. The van der Waals surface area contributed by atoms with Gasteiger partial charge >= 0.3 is 140 Å². The van der Waals surface area contributed by atoms with Gasteiger partial charge in [0.15, 0.2) is 34.0 Å². The first-order chi connectivity index (χ1) is 25.2. The van der Waals surface area contributed by atoms with E-state index in [9.17, 15) is 14.4 Å². The molecule has 0 spiro atoms. The van der Waals surface area contributed by atoms with Gasteiger partial charge in [0.2, 0.25) is 0 Å². The van der Waals surface area contributed by atoms with Crippen LogP contribution in [0.3, 0.4) is 0 Å². The first-order valence-electron chi connectivity index (χ1n) is 15.2. The summed E-state index contributed by atoms with van der Waals surface area (Å²) in [6.07, 6.45) is 12.1. The molecule has 0 aliphatic rings. The SMILES string of the molecule is CCCCOC(=O)c1ncnc2nc[nH]c12.CCCCOC(=O)c1ncnc2ncn(C)c12.CI.Cn1cnc2ncnc(C(=O)O)c21.O=CO[O-].[H-].[K+].[K+].[Li+].[OH-]. The van der Waals surface area contributed by atoms with Gasteiger partial charge < -0.3 is 45.7 Å². The van der Waals surface area contributed by atoms with E-state index in [0.717, 1.165) is 25.7 Å². The number of aromatic nitrogens is 12. The molecule has 22 nitrogen and oxygen atoms in total. The predicted octanol–water partition coefficient (Wildman–Crippen LogP) is -6.87. The van der Waals surface area contributed by atoms with Crippen LogP contribution in [0.4, 0.5) is 0 Å². The molecule has 0 aliphatic heterocycles. The van der Waals surface area contributed by atoms with Crippen molar-refractivity contribution in [2.45, 2.75) is 39.5 Å². The van der Waals surface area contributed by atoms with Crippen molar-refractivity contribution in [3.63, 3.8) is 0 Å². The van der Waals surface area contributed by atoms with Gasteiger partial charge in [-0.15, -0.1) is 0 Å². The van der Waals surface area contributed by atoms with Crippen molar-refractivity contribution in [2.75, 3.05) is 18.1 Å². The van der Waals surface area contributed by atoms with Crippen molar-refractivity contribution >= 4 is 80.5 Å². The zero-order valence-electron chi connectivity index (χ0n) is 33.2. The summed E-state index contributed by atoms with van der Waals surface area (Å²) in [5.74, 6) is -1.93. The molecule has 0 saturated carbocycles. The Morgan fingerprint density at radius 1 is 0.768 bits per heavy atom. The van der Waals surface area contributed by atoms with Crippen molar-refractivity contribution in [3.8, 4) is 0 Å². The molecule has 0 bridgehead atoms. The Bertz CT molecular complexity index is 2060. The molecular weight excluding hydrogens is 900 g/mol. The number of H-pyrrole nitrogens is 1. The van der Waals surface area contributed by atoms with Crippen LogP contribution in [-0.2, 0) is 33.3 Å². The van der Waals surface area contributed by atoms with Crippen LogP contribution in [0.2, 0.25) is 0 Å². The molecule has 0 unspecified atom stereocenters. The number of carbonyl (C=O) groups is 4. The number of esters is 2. The van der Waals surface area contributed by atoms with Gasteiger partial charge in [0.05, 0.1) is 32.2 Å². The second-order valence-electron chi connectivity index (χ2n) is 9.80. The maximum absolute atomic E-state index is 11.8. The number of ether oxygens (including phenoxy) is 2. The van der Waals surface area contributed by atoms with E-state index in [1.165, 1.54) is 31.6 Å². The van der Waals surface area contributed by atoms with Crippen molar-refractivity contribution in [1.82, 2.24) is 59.0 Å². The molecule has 0 radical (unpaired) electrons. The van der Waals surface area contributed by atoms with Crippen molar-refractivity contribution in [3.05, 3.63) is 55.0 Å². The Kier molecular flexibility index (Phi) is 34.3. The number of fused-ring (bicyclic) bond motifs is 3. The summed E-state index contributed by atoms with van der Waals surface area (Å²) >= 11 is 2.15. The molecule has 6 aromatic heterocycles. The number of unbranched alkanes of at least 4 members (excludes halogenated alkanes) is 2. The summed E-state index contributed by atoms with van der Waals surface area (Å²) in [4.78, 5) is 85.5. The first-order valence-corrected chi connectivity index (χ1v) is 17.4. The Hall–Kier alpha value is -1.95. The minimum Gasteiger partial charge on any atom is -1.00 e. The van der Waals surface area contributed by atoms with Crippen molar-refractivity contribution in [1.29, 1.82) is 0 Å². The standard InChI is InChI=1S/C11H14N4O2.C10H12N4O2.C7H6N4O2.CH3I.CH2O3.2K.Li.H2O.H/c1-3-4-5-17-11(16)8-9-10(13-6-12-8)14-7-15(9)2;1-2-3-4-16-10(15)8-7-9(13-5-11-7)14-6-12-8;1-11-3-10-6-5(11)4(7(12)13)8-2-9-6;1-2;2-1-4-3;;;;;/h6-7H,3-5H2,1-2H3;5-6H,2-4H2,1H3,(H,11,12,13,14);2-3H,1H3,(H,12,13);1H3;1,3H;;;;1H2;/q;;;;;3*+1;;-1/p-2. The number of aromatic carboxylic acids is 1. The van der Waals surface area contributed by atoms with Gasteiger partial charge in [0.1, 0.15) is 35.5 Å². The molecule has 0 aromatic carbocycles. The number of hydrogen-bond acceptors (Lipinski definition) is 18. The first kappa shape index (κ1) is 58.4. The molecule has 288 valence electrons. The number of aromatic amines is 1. The number of nitrogens with zero attached hydrogens (tertiary/aromatic N) is 11. The van der Waals surface area contributed by atoms with Gasteiger partial charge in [-0.25, -0.2) is 59.2 Å². The number of carbonyl (C=O) groups excluding carboxylic acids is 3. The van der Waals surface area contributed by atoms with Crippen LogP contribution in [0.5, 0.6) is 0 Å².